The summed E-state index contributed by atoms with van der Waals surface area (Å²) in [6, 6.07) is 0. The van der Waals surface area contributed by atoms with Crippen molar-refractivity contribution in [2.45, 2.75) is 52.9 Å². The third kappa shape index (κ3) is 1.62. The van der Waals surface area contributed by atoms with Crippen molar-refractivity contribution in [1.82, 2.24) is 0 Å². The first kappa shape index (κ1) is 10.2. The van der Waals surface area contributed by atoms with E-state index >= 15 is 0 Å². The lowest BCUT2D eigenvalue weighted by Crippen LogP contribution is -2.31. The minimum atomic E-state index is 0.383. The maximum Gasteiger partial charge on any atom is 0.132 e. The Labute approximate surface area is 87.3 Å². The van der Waals surface area contributed by atoms with Crippen LogP contribution in [0.25, 0.3) is 0 Å². The van der Waals surface area contributed by atoms with Crippen molar-refractivity contribution in [1.29, 1.82) is 0 Å². The largest absolute Gasteiger partial charge is 0.300 e. The Hall–Kier alpha value is -0.330. The van der Waals surface area contributed by atoms with Gasteiger partial charge in [-0.2, -0.15) is 0 Å². The van der Waals surface area contributed by atoms with Crippen molar-refractivity contribution in [3.05, 3.63) is 0 Å². The number of Topliss-reactive ketones (excluding diaryl/α,β-unsaturated/α-hetero) is 1. The van der Waals surface area contributed by atoms with Gasteiger partial charge in [-0.15, -0.1) is 0 Å². The lowest BCUT2D eigenvalue weighted by molar-refractivity contribution is -0.122. The molecule has 2 rings (SSSR count). The van der Waals surface area contributed by atoms with Gasteiger partial charge in [0.1, 0.15) is 5.78 Å². The maximum atomic E-state index is 11.4. The van der Waals surface area contributed by atoms with E-state index in [4.69, 9.17) is 0 Å². The molecule has 80 valence electrons. The molecule has 0 aromatic rings. The van der Waals surface area contributed by atoms with Gasteiger partial charge in [-0.1, -0.05) is 13.8 Å². The predicted molar refractivity (Wildman–Crippen MR) is 58.0 cm³/mol. The van der Waals surface area contributed by atoms with E-state index in [9.17, 15) is 4.79 Å². The highest BCUT2D eigenvalue weighted by Crippen LogP contribution is 2.54. The maximum absolute atomic E-state index is 11.4. The van der Waals surface area contributed by atoms with Gasteiger partial charge < -0.3 is 0 Å². The molecule has 0 aromatic heterocycles. The second-order valence-electron chi connectivity index (χ2n) is 6.01. The van der Waals surface area contributed by atoms with Crippen LogP contribution in [0.15, 0.2) is 0 Å². The highest BCUT2D eigenvalue weighted by Gasteiger charge is 2.45. The number of hydrogen-bond acceptors (Lipinski definition) is 1. The fourth-order valence-electron chi connectivity index (χ4n) is 3.65. The molecule has 3 atom stereocenters. The topological polar surface area (TPSA) is 17.1 Å². The van der Waals surface area contributed by atoms with Crippen molar-refractivity contribution >= 4 is 5.78 Å². The first-order chi connectivity index (χ1) is 6.50. The van der Waals surface area contributed by atoms with Crippen LogP contribution in [0.3, 0.4) is 0 Å². The molecule has 2 fully saturated rings. The summed E-state index contributed by atoms with van der Waals surface area (Å²) in [5.74, 6) is 2.56. The molecule has 14 heavy (non-hydrogen) atoms. The first-order valence-electron chi connectivity index (χ1n) is 6.01. The van der Waals surface area contributed by atoms with Crippen molar-refractivity contribution < 1.29 is 4.79 Å². The van der Waals surface area contributed by atoms with E-state index in [1.54, 1.807) is 6.92 Å². The minimum absolute atomic E-state index is 0.383. The Morgan fingerprint density at radius 2 is 1.93 bits per heavy atom. The van der Waals surface area contributed by atoms with E-state index in [0.29, 0.717) is 17.1 Å². The number of rotatable bonds is 1. The minimum Gasteiger partial charge on any atom is -0.300 e. The average molecular weight is 194 g/mol. The Kier molecular flexibility index (Phi) is 2.45. The standard InChI is InChI=1S/C13H22O/c1-9(14)11-5-4-10-6-7-13(2,3)12(10)8-11/h10-12H,4-8H2,1-3H3. The van der Waals surface area contributed by atoms with Gasteiger partial charge in [0.25, 0.3) is 0 Å². The molecule has 3 unspecified atom stereocenters. The van der Waals surface area contributed by atoms with E-state index in [2.05, 4.69) is 13.8 Å². The molecular weight excluding hydrogens is 172 g/mol. The van der Waals surface area contributed by atoms with E-state index < -0.39 is 0 Å². The van der Waals surface area contributed by atoms with E-state index in [0.717, 1.165) is 18.3 Å². The van der Waals surface area contributed by atoms with E-state index in [1.807, 2.05) is 0 Å². The normalized spacial score (nSPS) is 40.6. The number of fused-ring (bicyclic) bond motifs is 1. The van der Waals surface area contributed by atoms with E-state index in [1.165, 1.54) is 25.7 Å². The van der Waals surface area contributed by atoms with Crippen molar-refractivity contribution in [3.8, 4) is 0 Å². The second kappa shape index (κ2) is 3.36. The molecule has 0 aliphatic heterocycles. The van der Waals surface area contributed by atoms with Gasteiger partial charge in [0.05, 0.1) is 0 Å². The molecule has 0 bridgehead atoms. The monoisotopic (exact) mass is 194 g/mol. The summed E-state index contributed by atoms with van der Waals surface area (Å²) in [5.41, 5.74) is 0.499. The molecule has 2 aliphatic rings. The summed E-state index contributed by atoms with van der Waals surface area (Å²) in [6.07, 6.45) is 6.41. The summed E-state index contributed by atoms with van der Waals surface area (Å²) < 4.78 is 0. The van der Waals surface area contributed by atoms with Crippen LogP contribution in [0.5, 0.6) is 0 Å². The molecule has 2 saturated carbocycles. The second-order valence-corrected chi connectivity index (χ2v) is 6.01. The predicted octanol–water partition coefficient (Wildman–Crippen LogP) is 3.43. The van der Waals surface area contributed by atoms with Crippen molar-refractivity contribution in [2.75, 3.05) is 0 Å². The van der Waals surface area contributed by atoms with Gasteiger partial charge in [0.2, 0.25) is 0 Å². The zero-order valence-electron chi connectivity index (χ0n) is 9.68. The van der Waals surface area contributed by atoms with Crippen LogP contribution < -0.4 is 0 Å². The molecule has 0 amide bonds. The van der Waals surface area contributed by atoms with Crippen LogP contribution in [0, 0.1) is 23.2 Å². The van der Waals surface area contributed by atoms with Crippen molar-refractivity contribution in [2.24, 2.45) is 23.2 Å². The molecule has 0 saturated heterocycles. The fraction of sp³-hybridized carbons (Fsp3) is 0.923. The molecule has 1 heteroatoms. The van der Waals surface area contributed by atoms with Crippen molar-refractivity contribution in [3.63, 3.8) is 0 Å². The average Bonchev–Trinajstić information content (AvgIpc) is 2.42. The molecule has 0 radical (unpaired) electrons. The van der Waals surface area contributed by atoms with Crippen LogP contribution in [-0.2, 0) is 4.79 Å². The first-order valence-corrected chi connectivity index (χ1v) is 6.01. The Bertz CT molecular complexity index is 242. The summed E-state index contributed by atoms with van der Waals surface area (Å²) in [6.45, 7) is 6.55. The highest BCUT2D eigenvalue weighted by molar-refractivity contribution is 5.78. The van der Waals surface area contributed by atoms with Crippen LogP contribution in [0.2, 0.25) is 0 Å². The molecule has 0 N–H and O–H groups in total. The van der Waals surface area contributed by atoms with Gasteiger partial charge in [-0.05, 0) is 56.3 Å². The Morgan fingerprint density at radius 1 is 1.21 bits per heavy atom. The zero-order chi connectivity index (χ0) is 10.3. The Balaban J connectivity index is 2.09. The zero-order valence-corrected chi connectivity index (χ0v) is 9.68. The van der Waals surface area contributed by atoms with Crippen LogP contribution in [0.4, 0.5) is 0 Å². The molecule has 1 nitrogen and oxygen atoms in total. The number of carbonyl (C=O) groups is 1. The highest BCUT2D eigenvalue weighted by atomic mass is 16.1. The van der Waals surface area contributed by atoms with Gasteiger partial charge in [0, 0.05) is 5.92 Å². The lowest BCUT2D eigenvalue weighted by atomic mass is 9.67. The van der Waals surface area contributed by atoms with Gasteiger partial charge in [0.15, 0.2) is 0 Å². The summed E-state index contributed by atoms with van der Waals surface area (Å²) in [7, 11) is 0. The number of ketones is 1. The summed E-state index contributed by atoms with van der Waals surface area (Å²) in [4.78, 5) is 11.4. The smallest absolute Gasteiger partial charge is 0.132 e. The van der Waals surface area contributed by atoms with Crippen LogP contribution in [0.1, 0.15) is 52.9 Å². The van der Waals surface area contributed by atoms with Gasteiger partial charge >= 0.3 is 0 Å². The third-order valence-electron chi connectivity index (χ3n) is 4.73. The van der Waals surface area contributed by atoms with Gasteiger partial charge in [-0.25, -0.2) is 0 Å². The molecular formula is C13H22O. The lowest BCUT2D eigenvalue weighted by Gasteiger charge is -2.37. The molecule has 0 spiro atoms. The van der Waals surface area contributed by atoms with Gasteiger partial charge in [-0.3, -0.25) is 4.79 Å². The number of hydrogen-bond donors (Lipinski definition) is 0. The Morgan fingerprint density at radius 3 is 2.57 bits per heavy atom. The molecule has 0 aromatic carbocycles. The fourth-order valence-corrected chi connectivity index (χ4v) is 3.65. The number of carbonyl (C=O) groups excluding carboxylic acids is 1. The quantitative estimate of drug-likeness (QED) is 0.625. The van der Waals surface area contributed by atoms with E-state index in [-0.39, 0.29) is 0 Å². The molecule has 0 heterocycles. The molecule has 2 aliphatic carbocycles. The SMILES string of the molecule is CC(=O)C1CCC2CCC(C)(C)C2C1. The third-order valence-corrected chi connectivity index (χ3v) is 4.73. The van der Waals surface area contributed by atoms with Crippen LogP contribution >= 0.6 is 0 Å². The summed E-state index contributed by atoms with van der Waals surface area (Å²) >= 11 is 0. The summed E-state index contributed by atoms with van der Waals surface area (Å²) in [5, 5.41) is 0. The van der Waals surface area contributed by atoms with Crippen LogP contribution in [-0.4, -0.2) is 5.78 Å².